The minimum absolute atomic E-state index is 0.163. The van der Waals surface area contributed by atoms with E-state index in [9.17, 15) is 5.11 Å². The van der Waals surface area contributed by atoms with Crippen molar-refractivity contribution in [3.8, 4) is 11.8 Å². The van der Waals surface area contributed by atoms with Crippen LogP contribution in [0.4, 0.5) is 17.5 Å². The Hall–Kier alpha value is -2.70. The van der Waals surface area contributed by atoms with Crippen molar-refractivity contribution < 1.29 is 10.2 Å². The normalized spacial score (nSPS) is 14.8. The molecule has 2 aromatic heterocycles. The maximum absolute atomic E-state index is 10.7. The van der Waals surface area contributed by atoms with Crippen LogP contribution >= 0.6 is 22.9 Å². The molecule has 1 aliphatic rings. The number of thiazole rings is 1. The van der Waals surface area contributed by atoms with Crippen molar-refractivity contribution in [2.75, 3.05) is 17.2 Å². The van der Waals surface area contributed by atoms with Gasteiger partial charge in [-0.1, -0.05) is 29.5 Å². The zero-order chi connectivity index (χ0) is 20.6. The third-order valence-electron chi connectivity index (χ3n) is 4.56. The van der Waals surface area contributed by atoms with Crippen LogP contribution in [0, 0.1) is 11.8 Å². The highest BCUT2D eigenvalue weighted by molar-refractivity contribution is 7.09. The summed E-state index contributed by atoms with van der Waals surface area (Å²) in [6.45, 7) is 2.14. The Morgan fingerprint density at radius 2 is 2.21 bits per heavy atom. The summed E-state index contributed by atoms with van der Waals surface area (Å²) in [4.78, 5) is 14.4. The van der Waals surface area contributed by atoms with Crippen molar-refractivity contribution in [1.29, 1.82) is 0 Å². The fourth-order valence-electron chi connectivity index (χ4n) is 3.09. The molecule has 0 fully saturated rings. The van der Waals surface area contributed by atoms with Crippen LogP contribution in [0.1, 0.15) is 28.8 Å². The Morgan fingerprint density at radius 3 is 2.97 bits per heavy atom. The number of halogens is 1. The topological polar surface area (TPSA) is 108 Å². The van der Waals surface area contributed by atoms with Gasteiger partial charge in [0.2, 0.25) is 5.95 Å². The number of aromatic nitrogens is 3. The molecule has 9 heteroatoms. The number of anilines is 3. The number of fused-ring (bicyclic) bond motifs is 1. The van der Waals surface area contributed by atoms with Crippen LogP contribution in [0.5, 0.6) is 0 Å². The van der Waals surface area contributed by atoms with E-state index in [0.29, 0.717) is 21.5 Å². The van der Waals surface area contributed by atoms with Gasteiger partial charge in [-0.3, -0.25) is 0 Å². The number of aliphatic hydroxyl groups is 2. The van der Waals surface area contributed by atoms with E-state index in [-0.39, 0.29) is 12.6 Å². The average molecular weight is 428 g/mol. The number of rotatable bonds is 3. The van der Waals surface area contributed by atoms with Crippen LogP contribution < -0.4 is 10.6 Å². The standard InChI is InChI=1S/C20H18ClN5O2S/c1-20(28,18-24-14(10-27)11-29-18)6-4-12-2-3-13-5-7-26(16(13)8-12)17-15(21)9-23-19(22)25-17/h2-3,8-9,11,27-28H,5,7,10H2,1H3,(H2,22,23,25). The molecule has 7 nitrogen and oxygen atoms in total. The zero-order valence-electron chi connectivity index (χ0n) is 15.6. The van der Waals surface area contributed by atoms with Crippen molar-refractivity contribution in [2.45, 2.75) is 25.6 Å². The van der Waals surface area contributed by atoms with Crippen LogP contribution in [0.3, 0.4) is 0 Å². The lowest BCUT2D eigenvalue weighted by Crippen LogP contribution is -2.18. The van der Waals surface area contributed by atoms with Crippen LogP contribution in [0.25, 0.3) is 0 Å². The zero-order valence-corrected chi connectivity index (χ0v) is 17.1. The molecule has 3 aromatic rings. The summed E-state index contributed by atoms with van der Waals surface area (Å²) in [5.41, 5.74) is 7.68. The second-order valence-electron chi connectivity index (χ2n) is 6.77. The Morgan fingerprint density at radius 1 is 1.38 bits per heavy atom. The largest absolute Gasteiger partial charge is 0.390 e. The Kier molecular flexibility index (Phi) is 5.15. The van der Waals surface area contributed by atoms with Crippen molar-refractivity contribution in [1.82, 2.24) is 15.0 Å². The molecule has 0 saturated carbocycles. The van der Waals surface area contributed by atoms with Gasteiger partial charge in [0.25, 0.3) is 0 Å². The monoisotopic (exact) mass is 427 g/mol. The summed E-state index contributed by atoms with van der Waals surface area (Å²) in [5, 5.41) is 22.4. The molecule has 0 saturated heterocycles. The van der Waals surface area contributed by atoms with Gasteiger partial charge in [0, 0.05) is 23.2 Å². The third-order valence-corrected chi connectivity index (χ3v) is 5.93. The molecule has 0 spiro atoms. The maximum atomic E-state index is 10.7. The molecule has 1 unspecified atom stereocenters. The molecule has 148 valence electrons. The Labute approximate surface area is 176 Å². The first-order valence-electron chi connectivity index (χ1n) is 8.87. The molecule has 0 amide bonds. The van der Waals surface area contributed by atoms with Gasteiger partial charge in [0.15, 0.2) is 11.4 Å². The van der Waals surface area contributed by atoms with E-state index in [1.807, 2.05) is 23.1 Å². The highest BCUT2D eigenvalue weighted by atomic mass is 35.5. The van der Waals surface area contributed by atoms with Gasteiger partial charge >= 0.3 is 0 Å². The fraction of sp³-hybridized carbons (Fsp3) is 0.250. The molecule has 0 bridgehead atoms. The number of nitrogen functional groups attached to an aromatic ring is 1. The molecule has 4 N–H and O–H groups in total. The summed E-state index contributed by atoms with van der Waals surface area (Å²) in [6, 6.07) is 5.88. The summed E-state index contributed by atoms with van der Waals surface area (Å²) in [6.07, 6.45) is 2.34. The molecule has 0 radical (unpaired) electrons. The molecule has 4 rings (SSSR count). The van der Waals surface area contributed by atoms with Gasteiger partial charge in [-0.15, -0.1) is 11.3 Å². The van der Waals surface area contributed by atoms with E-state index in [2.05, 4.69) is 26.8 Å². The molecule has 0 aliphatic carbocycles. The Bertz CT molecular complexity index is 1140. The molecule has 29 heavy (non-hydrogen) atoms. The van der Waals surface area contributed by atoms with Gasteiger partial charge in [-0.25, -0.2) is 9.97 Å². The van der Waals surface area contributed by atoms with Crippen molar-refractivity contribution in [3.63, 3.8) is 0 Å². The van der Waals surface area contributed by atoms with Gasteiger partial charge in [-0.2, -0.15) is 4.98 Å². The number of benzene rings is 1. The van der Waals surface area contributed by atoms with Crippen LogP contribution in [-0.2, 0) is 18.6 Å². The van der Waals surface area contributed by atoms with Gasteiger partial charge in [0.1, 0.15) is 10.0 Å². The number of nitrogens with zero attached hydrogens (tertiary/aromatic N) is 4. The SMILES string of the molecule is CC(O)(C#Cc1ccc2c(c1)N(c1nc(N)ncc1Cl)CC2)c1nc(CO)cs1. The minimum Gasteiger partial charge on any atom is -0.390 e. The smallest absolute Gasteiger partial charge is 0.222 e. The highest BCUT2D eigenvalue weighted by Crippen LogP contribution is 2.37. The Balaban J connectivity index is 1.65. The molecular formula is C20H18ClN5O2S. The van der Waals surface area contributed by atoms with Crippen molar-refractivity contribution in [2.24, 2.45) is 0 Å². The maximum Gasteiger partial charge on any atom is 0.222 e. The summed E-state index contributed by atoms with van der Waals surface area (Å²) in [5.74, 6) is 6.63. The van der Waals surface area contributed by atoms with Gasteiger partial charge in [-0.05, 0) is 31.0 Å². The van der Waals surface area contributed by atoms with E-state index in [1.165, 1.54) is 17.5 Å². The molecule has 3 heterocycles. The quantitative estimate of drug-likeness (QED) is 0.551. The third kappa shape index (κ3) is 3.91. The van der Waals surface area contributed by atoms with Crippen LogP contribution in [0.15, 0.2) is 29.8 Å². The van der Waals surface area contributed by atoms with E-state index >= 15 is 0 Å². The first-order chi connectivity index (χ1) is 13.9. The van der Waals surface area contributed by atoms with Crippen LogP contribution in [0.2, 0.25) is 5.02 Å². The first-order valence-corrected chi connectivity index (χ1v) is 10.1. The van der Waals surface area contributed by atoms with Gasteiger partial charge in [0.05, 0.1) is 18.5 Å². The lowest BCUT2D eigenvalue weighted by atomic mass is 10.1. The lowest BCUT2D eigenvalue weighted by Gasteiger charge is -2.19. The van der Waals surface area contributed by atoms with Crippen LogP contribution in [-0.4, -0.2) is 31.7 Å². The second-order valence-corrected chi connectivity index (χ2v) is 8.03. The van der Waals surface area contributed by atoms with E-state index < -0.39 is 5.60 Å². The second kappa shape index (κ2) is 7.61. The average Bonchev–Trinajstić information content (AvgIpc) is 3.35. The summed E-state index contributed by atoms with van der Waals surface area (Å²) < 4.78 is 0. The van der Waals surface area contributed by atoms with Gasteiger partial charge < -0.3 is 20.8 Å². The molecule has 1 aliphatic heterocycles. The summed E-state index contributed by atoms with van der Waals surface area (Å²) >= 11 is 7.54. The molecular weight excluding hydrogens is 410 g/mol. The number of hydrogen-bond donors (Lipinski definition) is 3. The van der Waals surface area contributed by atoms with E-state index in [1.54, 1.807) is 12.3 Å². The van der Waals surface area contributed by atoms with Crippen molar-refractivity contribution in [3.05, 3.63) is 56.6 Å². The number of aliphatic hydroxyl groups excluding tert-OH is 1. The lowest BCUT2D eigenvalue weighted by molar-refractivity contribution is 0.121. The minimum atomic E-state index is -1.42. The predicted octanol–water partition coefficient (Wildman–Crippen LogP) is 2.61. The fourth-order valence-corrected chi connectivity index (χ4v) is 4.11. The van der Waals surface area contributed by atoms with E-state index in [4.69, 9.17) is 22.4 Å². The number of hydrogen-bond acceptors (Lipinski definition) is 8. The summed E-state index contributed by atoms with van der Waals surface area (Å²) in [7, 11) is 0. The predicted molar refractivity (Wildman–Crippen MR) is 113 cm³/mol. The molecule has 1 aromatic carbocycles. The highest BCUT2D eigenvalue weighted by Gasteiger charge is 2.26. The van der Waals surface area contributed by atoms with Crippen molar-refractivity contribution >= 4 is 40.4 Å². The number of nitrogens with two attached hydrogens (primary N) is 1. The molecule has 1 atom stereocenters. The first kappa shape index (κ1) is 19.6. The van der Waals surface area contributed by atoms with E-state index in [0.717, 1.165) is 29.8 Å².